The fraction of sp³-hybridized carbons (Fsp3) is 0.480. The molecule has 2 aromatic carbocycles. The van der Waals surface area contributed by atoms with E-state index < -0.39 is 25.0 Å². The van der Waals surface area contributed by atoms with Gasteiger partial charge in [0.2, 0.25) is 6.10 Å². The molecule has 0 aromatic heterocycles. The zero-order valence-corrected chi connectivity index (χ0v) is 19.3. The summed E-state index contributed by atoms with van der Waals surface area (Å²) in [4.78, 5) is 16.4. The van der Waals surface area contributed by atoms with Crippen LogP contribution in [0.5, 0.6) is 5.75 Å². The van der Waals surface area contributed by atoms with Crippen molar-refractivity contribution in [3.8, 4) is 5.75 Å². The third-order valence-electron chi connectivity index (χ3n) is 6.39. The quantitative estimate of drug-likeness (QED) is 0.493. The first-order chi connectivity index (χ1) is 16.7. The van der Waals surface area contributed by atoms with Crippen LogP contribution in [0, 0.1) is 5.82 Å². The van der Waals surface area contributed by atoms with Gasteiger partial charge in [0.25, 0.3) is 0 Å². The average Bonchev–Trinajstić information content (AvgIpc) is 3.10. The third kappa shape index (κ3) is 6.43. The molecule has 2 heterocycles. The number of carbonyl (C=O) groups excluding carboxylic acids is 1. The van der Waals surface area contributed by atoms with Crippen LogP contribution in [0.4, 0.5) is 22.4 Å². The zero-order valence-electron chi connectivity index (χ0n) is 19.3. The predicted molar refractivity (Wildman–Crippen MR) is 119 cm³/mol. The zero-order chi connectivity index (χ0) is 25.0. The van der Waals surface area contributed by atoms with Crippen LogP contribution in [0.3, 0.4) is 0 Å². The van der Waals surface area contributed by atoms with Crippen molar-refractivity contribution < 1.29 is 36.6 Å². The van der Waals surface area contributed by atoms with E-state index in [2.05, 4.69) is 4.90 Å². The summed E-state index contributed by atoms with van der Waals surface area (Å²) in [7, 11) is 1.52. The maximum absolute atomic E-state index is 13.6. The Morgan fingerprint density at radius 2 is 1.60 bits per heavy atom. The highest BCUT2D eigenvalue weighted by Crippen LogP contribution is 2.33. The van der Waals surface area contributed by atoms with E-state index in [0.717, 1.165) is 5.56 Å². The minimum atomic E-state index is -4.75. The number of hydrogen-bond donors (Lipinski definition) is 0. The van der Waals surface area contributed by atoms with Gasteiger partial charge in [0, 0.05) is 31.7 Å². The molecule has 0 aliphatic carbocycles. The molecule has 0 radical (unpaired) electrons. The Morgan fingerprint density at radius 1 is 1.00 bits per heavy atom. The fourth-order valence-electron chi connectivity index (χ4n) is 4.65. The van der Waals surface area contributed by atoms with Crippen LogP contribution >= 0.6 is 0 Å². The normalized spacial score (nSPS) is 21.1. The molecule has 190 valence electrons. The SMILES string of the molecule is COc1ccc(COC[C@@H](OC(=O)N2C3CCC2CN(Cc2ccc(F)cc2)C3)C(F)(F)F)cc1. The molecule has 2 bridgehead atoms. The number of ether oxygens (including phenoxy) is 3. The smallest absolute Gasteiger partial charge is 0.427 e. The van der Waals surface area contributed by atoms with Gasteiger partial charge in [0.1, 0.15) is 11.6 Å². The van der Waals surface area contributed by atoms with E-state index in [1.165, 1.54) is 24.1 Å². The maximum atomic E-state index is 13.6. The average molecular weight is 497 g/mol. The number of fused-ring (bicyclic) bond motifs is 2. The lowest BCUT2D eigenvalue weighted by Gasteiger charge is -2.41. The van der Waals surface area contributed by atoms with E-state index in [-0.39, 0.29) is 24.5 Å². The van der Waals surface area contributed by atoms with E-state index in [1.807, 2.05) is 0 Å². The molecule has 3 atom stereocenters. The summed E-state index contributed by atoms with van der Waals surface area (Å²) < 4.78 is 69.1. The predicted octanol–water partition coefficient (Wildman–Crippen LogP) is 4.77. The van der Waals surface area contributed by atoms with E-state index in [9.17, 15) is 22.4 Å². The van der Waals surface area contributed by atoms with Gasteiger partial charge in [-0.05, 0) is 48.2 Å². The van der Waals surface area contributed by atoms with Gasteiger partial charge in [-0.3, -0.25) is 9.80 Å². The highest BCUT2D eigenvalue weighted by Gasteiger charge is 2.48. The van der Waals surface area contributed by atoms with E-state index in [0.29, 0.717) is 43.8 Å². The first-order valence-electron chi connectivity index (χ1n) is 11.5. The summed E-state index contributed by atoms with van der Waals surface area (Å²) >= 11 is 0. The Bertz CT molecular complexity index is 970. The molecular formula is C25H28F4N2O4. The lowest BCUT2D eigenvalue weighted by Crippen LogP contribution is -2.56. The summed E-state index contributed by atoms with van der Waals surface area (Å²) in [6.07, 6.45) is -6.67. The molecule has 4 rings (SSSR count). The maximum Gasteiger partial charge on any atom is 0.427 e. The summed E-state index contributed by atoms with van der Waals surface area (Å²) in [5.74, 6) is 0.317. The van der Waals surface area contributed by atoms with Crippen molar-refractivity contribution in [1.29, 1.82) is 0 Å². The lowest BCUT2D eigenvalue weighted by atomic mass is 10.1. The Balaban J connectivity index is 1.31. The number of carbonyl (C=O) groups is 1. The van der Waals surface area contributed by atoms with Crippen LogP contribution in [0.25, 0.3) is 0 Å². The third-order valence-corrected chi connectivity index (χ3v) is 6.39. The number of benzene rings is 2. The molecule has 0 N–H and O–H groups in total. The Morgan fingerprint density at radius 3 is 2.17 bits per heavy atom. The standard InChI is InChI=1S/C25H28F4N2O4/c1-33-22-10-4-18(5-11-22)15-34-16-23(25(27,28)29)35-24(32)31-20-8-9-21(31)14-30(13-20)12-17-2-6-19(26)7-3-17/h2-7,10-11,20-21,23H,8-9,12-16H2,1H3/t20?,21?,23-/m1/s1. The summed E-state index contributed by atoms with van der Waals surface area (Å²) in [5, 5.41) is 0. The summed E-state index contributed by atoms with van der Waals surface area (Å²) in [5.41, 5.74) is 1.61. The Hall–Kier alpha value is -2.85. The van der Waals surface area contributed by atoms with Crippen molar-refractivity contribution in [1.82, 2.24) is 9.80 Å². The van der Waals surface area contributed by atoms with Crippen molar-refractivity contribution >= 4 is 6.09 Å². The Labute approximate surface area is 201 Å². The second-order valence-electron chi connectivity index (χ2n) is 8.89. The van der Waals surface area contributed by atoms with E-state index in [1.54, 1.807) is 36.4 Å². The first-order valence-corrected chi connectivity index (χ1v) is 11.5. The fourth-order valence-corrected chi connectivity index (χ4v) is 4.65. The van der Waals surface area contributed by atoms with Gasteiger partial charge >= 0.3 is 12.3 Å². The molecule has 2 unspecified atom stereocenters. The number of nitrogens with zero attached hydrogens (tertiary/aromatic N) is 2. The molecule has 6 nitrogen and oxygen atoms in total. The molecule has 2 fully saturated rings. The Kier molecular flexibility index (Phi) is 7.81. The molecule has 2 aliphatic rings. The molecule has 2 aromatic rings. The van der Waals surface area contributed by atoms with Crippen molar-refractivity contribution in [2.75, 3.05) is 26.8 Å². The molecular weight excluding hydrogens is 468 g/mol. The van der Waals surface area contributed by atoms with E-state index in [4.69, 9.17) is 14.2 Å². The van der Waals surface area contributed by atoms with Gasteiger partial charge in [-0.1, -0.05) is 24.3 Å². The number of methoxy groups -OCH3 is 1. The molecule has 35 heavy (non-hydrogen) atoms. The topological polar surface area (TPSA) is 51.2 Å². The largest absolute Gasteiger partial charge is 0.497 e. The van der Waals surface area contributed by atoms with Crippen LogP contribution in [0.15, 0.2) is 48.5 Å². The number of piperazine rings is 1. The molecule has 1 amide bonds. The van der Waals surface area contributed by atoms with Gasteiger partial charge < -0.3 is 14.2 Å². The van der Waals surface area contributed by atoms with Crippen molar-refractivity contribution in [3.63, 3.8) is 0 Å². The minimum absolute atomic E-state index is 0.0541. The number of likely N-dealkylation sites (tertiary alicyclic amines) is 1. The van der Waals surface area contributed by atoms with Gasteiger partial charge in [0.15, 0.2) is 0 Å². The van der Waals surface area contributed by atoms with Crippen molar-refractivity contribution in [3.05, 3.63) is 65.5 Å². The summed E-state index contributed by atoms with van der Waals surface area (Å²) in [6, 6.07) is 12.5. The van der Waals surface area contributed by atoms with E-state index >= 15 is 0 Å². The number of hydrogen-bond acceptors (Lipinski definition) is 5. The van der Waals surface area contributed by atoms with Crippen LogP contribution in [-0.4, -0.2) is 67.1 Å². The first kappa shape index (κ1) is 25.2. The number of halogens is 4. The van der Waals surface area contributed by atoms with Crippen LogP contribution < -0.4 is 4.74 Å². The number of rotatable bonds is 8. The monoisotopic (exact) mass is 496 g/mol. The van der Waals surface area contributed by atoms with Gasteiger partial charge in [-0.25, -0.2) is 9.18 Å². The summed E-state index contributed by atoms with van der Waals surface area (Å²) in [6.45, 7) is 0.782. The van der Waals surface area contributed by atoms with Crippen molar-refractivity contribution in [2.45, 2.75) is 50.4 Å². The second-order valence-corrected chi connectivity index (χ2v) is 8.89. The molecule has 2 aliphatic heterocycles. The van der Waals surface area contributed by atoms with Crippen LogP contribution in [-0.2, 0) is 22.6 Å². The second kappa shape index (κ2) is 10.8. The highest BCUT2D eigenvalue weighted by atomic mass is 19.4. The van der Waals surface area contributed by atoms with Crippen LogP contribution in [0.1, 0.15) is 24.0 Å². The number of amides is 1. The van der Waals surface area contributed by atoms with Crippen molar-refractivity contribution in [2.24, 2.45) is 0 Å². The molecule has 0 saturated carbocycles. The van der Waals surface area contributed by atoms with Gasteiger partial charge in [0.05, 0.1) is 20.3 Å². The minimum Gasteiger partial charge on any atom is -0.497 e. The molecule has 2 saturated heterocycles. The highest BCUT2D eigenvalue weighted by molar-refractivity contribution is 5.69. The van der Waals surface area contributed by atoms with Gasteiger partial charge in [-0.2, -0.15) is 13.2 Å². The van der Waals surface area contributed by atoms with Crippen LogP contribution in [0.2, 0.25) is 0 Å². The molecule has 0 spiro atoms. The van der Waals surface area contributed by atoms with Gasteiger partial charge in [-0.15, -0.1) is 0 Å². The lowest BCUT2D eigenvalue weighted by molar-refractivity contribution is -0.221. The number of alkyl halides is 3. The molecule has 10 heteroatoms.